The molecule has 0 unspecified atom stereocenters. The number of benzene rings is 1. The van der Waals surface area contributed by atoms with Gasteiger partial charge in [0.05, 0.1) is 10.9 Å². The second-order valence-corrected chi connectivity index (χ2v) is 7.42. The molecular weight excluding hydrogens is 423 g/mol. The first-order valence-electron chi connectivity index (χ1n) is 9.51. The van der Waals surface area contributed by atoms with Crippen LogP contribution in [0.2, 0.25) is 0 Å². The van der Waals surface area contributed by atoms with Gasteiger partial charge in [0.1, 0.15) is 5.69 Å². The first-order chi connectivity index (χ1) is 14.6. The maximum absolute atomic E-state index is 14.5. The highest BCUT2D eigenvalue weighted by atomic mass is 19.4. The minimum absolute atomic E-state index is 0.169. The lowest BCUT2D eigenvalue weighted by Crippen LogP contribution is -2.41. The van der Waals surface area contributed by atoms with Gasteiger partial charge in [-0.15, -0.1) is 0 Å². The van der Waals surface area contributed by atoms with Crippen molar-refractivity contribution in [1.29, 1.82) is 0 Å². The van der Waals surface area contributed by atoms with E-state index in [1.54, 1.807) is 0 Å². The summed E-state index contributed by atoms with van der Waals surface area (Å²) in [6.07, 6.45) is -2.00. The van der Waals surface area contributed by atoms with Gasteiger partial charge in [0, 0.05) is 31.9 Å². The zero-order valence-corrected chi connectivity index (χ0v) is 16.6. The Morgan fingerprint density at radius 2 is 1.87 bits per heavy atom. The molecule has 1 fully saturated rings. The van der Waals surface area contributed by atoms with Crippen LogP contribution in [-0.2, 0) is 13.2 Å². The van der Waals surface area contributed by atoms with Crippen LogP contribution >= 0.6 is 0 Å². The monoisotopic (exact) mass is 442 g/mol. The molecule has 4 rings (SSSR count). The van der Waals surface area contributed by atoms with Crippen LogP contribution in [0.4, 0.5) is 27.9 Å². The van der Waals surface area contributed by atoms with E-state index < -0.39 is 34.7 Å². The number of anilines is 1. The highest BCUT2D eigenvalue weighted by Gasteiger charge is 2.38. The predicted molar refractivity (Wildman–Crippen MR) is 103 cm³/mol. The van der Waals surface area contributed by atoms with Crippen LogP contribution in [0.1, 0.15) is 18.4 Å². The number of piperidine rings is 1. The Hall–Kier alpha value is -3.02. The minimum atomic E-state index is -5.13. The molecule has 3 aromatic rings. The predicted octanol–water partition coefficient (Wildman–Crippen LogP) is 3.22. The smallest absolute Gasteiger partial charge is 0.419 e. The number of aryl methyl sites for hydroxylation is 1. The summed E-state index contributed by atoms with van der Waals surface area (Å²) in [5.74, 6) is -4.93. The van der Waals surface area contributed by atoms with Crippen molar-refractivity contribution in [3.8, 4) is 17.0 Å². The lowest BCUT2D eigenvalue weighted by atomic mass is 10.0. The van der Waals surface area contributed by atoms with E-state index >= 15 is 0 Å². The Bertz CT molecular complexity index is 1140. The van der Waals surface area contributed by atoms with Crippen molar-refractivity contribution in [3.63, 3.8) is 0 Å². The highest BCUT2D eigenvalue weighted by molar-refractivity contribution is 5.91. The molecule has 2 N–H and O–H groups in total. The van der Waals surface area contributed by atoms with E-state index in [2.05, 4.69) is 20.4 Å². The molecule has 3 heterocycles. The molecule has 0 spiro atoms. The molecule has 31 heavy (non-hydrogen) atoms. The quantitative estimate of drug-likeness (QED) is 0.607. The van der Waals surface area contributed by atoms with E-state index in [0.29, 0.717) is 12.0 Å². The number of nitrogens with zero attached hydrogens (tertiary/aromatic N) is 5. The summed E-state index contributed by atoms with van der Waals surface area (Å²) < 4.78 is 69.1. The average Bonchev–Trinajstić information content (AvgIpc) is 3.07. The number of nitrogens with one attached hydrogen (secondary N) is 1. The summed E-state index contributed by atoms with van der Waals surface area (Å²) in [4.78, 5) is 10.6. The molecule has 0 saturated carbocycles. The van der Waals surface area contributed by atoms with Crippen molar-refractivity contribution >= 4 is 17.0 Å². The Kier molecular flexibility index (Phi) is 5.20. The van der Waals surface area contributed by atoms with Crippen LogP contribution in [0, 0.1) is 11.6 Å². The molecule has 1 saturated heterocycles. The maximum Gasteiger partial charge on any atom is 0.419 e. The van der Waals surface area contributed by atoms with E-state index in [-0.39, 0.29) is 22.8 Å². The Morgan fingerprint density at radius 3 is 2.52 bits per heavy atom. The summed E-state index contributed by atoms with van der Waals surface area (Å²) in [5, 5.41) is 17.1. The highest BCUT2D eigenvalue weighted by Crippen LogP contribution is 2.41. The Labute approximate surface area is 173 Å². The fourth-order valence-electron chi connectivity index (χ4n) is 3.76. The van der Waals surface area contributed by atoms with E-state index in [9.17, 15) is 27.1 Å². The minimum Gasteiger partial charge on any atom is -0.503 e. The first-order valence-corrected chi connectivity index (χ1v) is 9.51. The van der Waals surface area contributed by atoms with Crippen molar-refractivity contribution in [2.24, 2.45) is 7.05 Å². The second-order valence-electron chi connectivity index (χ2n) is 7.42. The fourth-order valence-corrected chi connectivity index (χ4v) is 3.76. The molecule has 0 atom stereocenters. The van der Waals surface area contributed by atoms with Crippen molar-refractivity contribution in [2.45, 2.75) is 25.1 Å². The summed E-state index contributed by atoms with van der Waals surface area (Å²) >= 11 is 0. The maximum atomic E-state index is 14.5. The van der Waals surface area contributed by atoms with Crippen LogP contribution in [-0.4, -0.2) is 51.0 Å². The normalized spacial score (nSPS) is 15.6. The summed E-state index contributed by atoms with van der Waals surface area (Å²) in [5.41, 5.74) is -2.45. The number of aromatic hydroxyl groups is 1. The van der Waals surface area contributed by atoms with Gasteiger partial charge in [-0.1, -0.05) is 0 Å². The SMILES string of the molecule is CN(c1ncc2c(-c3cc(C(F)(F)F)c(F)c(O)c3F)nn(C)c2n1)C1CCNCC1. The van der Waals surface area contributed by atoms with Gasteiger partial charge in [-0.2, -0.15) is 23.3 Å². The Morgan fingerprint density at radius 1 is 1.19 bits per heavy atom. The standard InChI is InChI=1S/C19H19F5N6O/c1-29(9-3-5-25-6-4-9)18-26-8-11-15(28-30(2)17(11)27-18)10-7-12(19(22,23)24)14(21)16(31)13(10)20/h7-9,25,31H,3-6H2,1-2H3. The van der Waals surface area contributed by atoms with Gasteiger partial charge in [0.25, 0.3) is 0 Å². The third kappa shape index (κ3) is 3.64. The molecule has 7 nitrogen and oxygen atoms in total. The lowest BCUT2D eigenvalue weighted by molar-refractivity contribution is -0.140. The topological polar surface area (TPSA) is 79.1 Å². The molecule has 1 aliphatic rings. The molecule has 1 aromatic carbocycles. The molecule has 166 valence electrons. The largest absolute Gasteiger partial charge is 0.503 e. The van der Waals surface area contributed by atoms with Crippen molar-refractivity contribution in [3.05, 3.63) is 29.5 Å². The summed E-state index contributed by atoms with van der Waals surface area (Å²) in [7, 11) is 3.35. The number of rotatable bonds is 3. The van der Waals surface area contributed by atoms with Crippen molar-refractivity contribution in [1.82, 2.24) is 25.1 Å². The van der Waals surface area contributed by atoms with Gasteiger partial charge in [-0.25, -0.2) is 18.4 Å². The van der Waals surface area contributed by atoms with E-state index in [0.717, 1.165) is 25.9 Å². The number of phenols is 1. The second kappa shape index (κ2) is 7.59. The first kappa shape index (κ1) is 21.2. The number of halogens is 5. The number of phenolic OH excluding ortho intramolecular Hbond substituents is 1. The van der Waals surface area contributed by atoms with Crippen molar-refractivity contribution in [2.75, 3.05) is 25.0 Å². The third-order valence-electron chi connectivity index (χ3n) is 5.48. The molecule has 0 radical (unpaired) electrons. The van der Waals surface area contributed by atoms with Gasteiger partial charge in [-0.3, -0.25) is 0 Å². The number of hydrogen-bond donors (Lipinski definition) is 2. The van der Waals surface area contributed by atoms with Gasteiger partial charge in [-0.05, 0) is 32.0 Å². The van der Waals surface area contributed by atoms with E-state index in [1.807, 2.05) is 11.9 Å². The number of hydrogen-bond acceptors (Lipinski definition) is 6. The molecule has 12 heteroatoms. The zero-order valence-electron chi connectivity index (χ0n) is 16.6. The van der Waals surface area contributed by atoms with Gasteiger partial charge in [0.15, 0.2) is 23.0 Å². The zero-order chi connectivity index (χ0) is 22.5. The fraction of sp³-hybridized carbons (Fsp3) is 0.421. The molecule has 0 bridgehead atoms. The van der Waals surface area contributed by atoms with E-state index in [1.165, 1.54) is 17.9 Å². The molecule has 0 aliphatic carbocycles. The summed E-state index contributed by atoms with van der Waals surface area (Å²) in [6, 6.07) is 0.508. The van der Waals surface area contributed by atoms with Gasteiger partial charge < -0.3 is 15.3 Å². The molecule has 0 amide bonds. The third-order valence-corrected chi connectivity index (χ3v) is 5.48. The van der Waals surface area contributed by atoms with Crippen LogP contribution in [0.5, 0.6) is 5.75 Å². The van der Waals surface area contributed by atoms with Crippen LogP contribution < -0.4 is 10.2 Å². The molecule has 1 aliphatic heterocycles. The van der Waals surface area contributed by atoms with Gasteiger partial charge >= 0.3 is 6.18 Å². The van der Waals surface area contributed by atoms with Crippen LogP contribution in [0.3, 0.4) is 0 Å². The lowest BCUT2D eigenvalue weighted by Gasteiger charge is -2.31. The number of alkyl halides is 3. The van der Waals surface area contributed by atoms with Crippen LogP contribution in [0.25, 0.3) is 22.3 Å². The van der Waals surface area contributed by atoms with Crippen LogP contribution in [0.15, 0.2) is 12.3 Å². The summed E-state index contributed by atoms with van der Waals surface area (Å²) in [6.45, 7) is 1.73. The molecule has 2 aromatic heterocycles. The van der Waals surface area contributed by atoms with E-state index in [4.69, 9.17) is 0 Å². The van der Waals surface area contributed by atoms with Gasteiger partial charge in [0.2, 0.25) is 5.95 Å². The average molecular weight is 442 g/mol. The molecular formula is C19H19F5N6O. The van der Waals surface area contributed by atoms with Crippen molar-refractivity contribution < 1.29 is 27.1 Å². The number of aromatic nitrogens is 4. The Balaban J connectivity index is 1.82. The number of fused-ring (bicyclic) bond motifs is 1.